The largest absolute Gasteiger partial charge is 0.499 e. The second-order valence-corrected chi connectivity index (χ2v) is 9.80. The highest BCUT2D eigenvalue weighted by molar-refractivity contribution is 7.99. The third-order valence-electron chi connectivity index (χ3n) is 5.45. The van der Waals surface area contributed by atoms with E-state index in [-0.39, 0.29) is 5.91 Å². The van der Waals surface area contributed by atoms with Gasteiger partial charge in [0.25, 0.3) is 5.91 Å². The van der Waals surface area contributed by atoms with Crippen molar-refractivity contribution in [3.05, 3.63) is 82.7 Å². The van der Waals surface area contributed by atoms with Crippen LogP contribution in [0.15, 0.2) is 71.0 Å². The van der Waals surface area contributed by atoms with Crippen LogP contribution >= 0.6 is 23.1 Å². The maximum absolute atomic E-state index is 12.6. The molecule has 1 amide bonds. The highest BCUT2D eigenvalue weighted by Crippen LogP contribution is 2.39. The number of aromatic hydroxyl groups is 1. The quantitative estimate of drug-likeness (QED) is 0.456. The molecule has 0 spiro atoms. The molecule has 1 heterocycles. The molecule has 2 N–H and O–H groups in total. The second-order valence-electron chi connectivity index (χ2n) is 7.65. The lowest BCUT2D eigenvalue weighted by Gasteiger charge is -2.14. The Kier molecular flexibility index (Phi) is 6.30. The summed E-state index contributed by atoms with van der Waals surface area (Å²) in [5, 5.41) is 13.1. The Morgan fingerprint density at radius 1 is 1.10 bits per heavy atom. The molecule has 0 saturated heterocycles. The van der Waals surface area contributed by atoms with E-state index in [1.165, 1.54) is 24.2 Å². The second kappa shape index (κ2) is 9.11. The molecule has 30 heavy (non-hydrogen) atoms. The lowest BCUT2D eigenvalue weighted by molar-refractivity contribution is 0.0937. The van der Waals surface area contributed by atoms with Crippen molar-refractivity contribution in [2.45, 2.75) is 48.4 Å². The van der Waals surface area contributed by atoms with Crippen LogP contribution in [0.1, 0.15) is 52.0 Å². The molecule has 0 unspecified atom stereocenters. The van der Waals surface area contributed by atoms with Crippen molar-refractivity contribution in [3.8, 4) is 5.06 Å². The van der Waals surface area contributed by atoms with Crippen LogP contribution in [0, 0.1) is 6.92 Å². The van der Waals surface area contributed by atoms with Crippen LogP contribution in [-0.2, 0) is 0 Å². The molecule has 1 aliphatic carbocycles. The van der Waals surface area contributed by atoms with Gasteiger partial charge in [-0.15, -0.1) is 0 Å². The van der Waals surface area contributed by atoms with Crippen molar-refractivity contribution in [3.63, 3.8) is 0 Å². The van der Waals surface area contributed by atoms with Gasteiger partial charge in [0.05, 0.1) is 0 Å². The Balaban J connectivity index is 1.53. The monoisotopic (exact) mass is 435 g/mol. The first-order valence-electron chi connectivity index (χ1n) is 10.2. The number of aryl methyl sites for hydroxylation is 1. The van der Waals surface area contributed by atoms with Crippen molar-refractivity contribution >= 4 is 34.6 Å². The lowest BCUT2D eigenvalue weighted by Crippen LogP contribution is -2.32. The average molecular weight is 436 g/mol. The van der Waals surface area contributed by atoms with Crippen molar-refractivity contribution in [2.75, 3.05) is 0 Å². The molecule has 0 radical (unpaired) electrons. The Labute approximate surface area is 185 Å². The van der Waals surface area contributed by atoms with E-state index >= 15 is 0 Å². The molecular formula is C25H25NO2S2. The van der Waals surface area contributed by atoms with Gasteiger partial charge in [-0.1, -0.05) is 60.7 Å². The van der Waals surface area contributed by atoms with Crippen molar-refractivity contribution in [1.29, 1.82) is 0 Å². The number of thiophene rings is 1. The van der Waals surface area contributed by atoms with Gasteiger partial charge >= 0.3 is 0 Å². The molecule has 4 rings (SSSR count). The molecule has 154 valence electrons. The van der Waals surface area contributed by atoms with Gasteiger partial charge in [-0.2, -0.15) is 0 Å². The van der Waals surface area contributed by atoms with Crippen LogP contribution in [0.4, 0.5) is 0 Å². The van der Waals surface area contributed by atoms with Crippen LogP contribution in [0.25, 0.3) is 5.57 Å². The summed E-state index contributed by atoms with van der Waals surface area (Å²) in [7, 11) is 0. The smallest absolute Gasteiger partial charge is 0.251 e. The molecule has 5 heteroatoms. The van der Waals surface area contributed by atoms with E-state index in [1.54, 1.807) is 17.8 Å². The van der Waals surface area contributed by atoms with Gasteiger partial charge in [-0.25, -0.2) is 0 Å². The molecular weight excluding hydrogens is 410 g/mol. The van der Waals surface area contributed by atoms with Crippen LogP contribution in [0.5, 0.6) is 5.06 Å². The van der Waals surface area contributed by atoms with Crippen LogP contribution in [0.3, 0.4) is 0 Å². The number of nitrogens with one attached hydrogen (secondary N) is 1. The first-order valence-corrected chi connectivity index (χ1v) is 11.8. The first-order chi connectivity index (χ1) is 14.5. The molecule has 1 saturated carbocycles. The predicted octanol–water partition coefficient (Wildman–Crippen LogP) is 6.65. The number of carbonyl (C=O) groups excluding carboxylic acids is 1. The van der Waals surface area contributed by atoms with Gasteiger partial charge < -0.3 is 10.4 Å². The summed E-state index contributed by atoms with van der Waals surface area (Å²) in [6.45, 7) is 6.30. The van der Waals surface area contributed by atoms with Gasteiger partial charge in [0.2, 0.25) is 0 Å². The molecule has 1 aliphatic rings. The minimum Gasteiger partial charge on any atom is -0.499 e. The third-order valence-corrected chi connectivity index (χ3v) is 7.65. The third kappa shape index (κ3) is 4.63. The predicted molar refractivity (Wildman–Crippen MR) is 126 cm³/mol. The lowest BCUT2D eigenvalue weighted by atomic mass is 10.1. The molecule has 3 nitrogen and oxygen atoms in total. The standard InChI is InChI=1S/C25H25NO2S2/c1-16-15-18(25(28)26-19-7-3-4-8-19)11-12-21(16)29-23-10-6-5-9-20(23)17(2)22-13-14-24(27)30-22/h5-6,9-15,19,27H,2-4,7-8H2,1H3,(H,26,28). The summed E-state index contributed by atoms with van der Waals surface area (Å²) in [6.07, 6.45) is 4.58. The van der Waals surface area contributed by atoms with Gasteiger partial charge in [-0.3, -0.25) is 4.79 Å². The van der Waals surface area contributed by atoms with Gasteiger partial charge in [-0.05, 0) is 72.9 Å². The fourth-order valence-corrected chi connectivity index (χ4v) is 5.56. The SMILES string of the molecule is C=C(c1ccc(O)s1)c1ccccc1Sc1ccc(C(=O)NC2CCCC2)cc1C. The summed E-state index contributed by atoms with van der Waals surface area (Å²) in [5.74, 6) is 0.0211. The van der Waals surface area contributed by atoms with E-state index in [1.807, 2.05) is 43.3 Å². The number of rotatable bonds is 6. The minimum absolute atomic E-state index is 0.0211. The molecule has 0 atom stereocenters. The van der Waals surface area contributed by atoms with Crippen LogP contribution in [0.2, 0.25) is 0 Å². The van der Waals surface area contributed by atoms with Crippen LogP contribution < -0.4 is 5.32 Å². The Morgan fingerprint density at radius 2 is 1.87 bits per heavy atom. The summed E-state index contributed by atoms with van der Waals surface area (Å²) in [5.41, 5.74) is 3.74. The molecule has 1 fully saturated rings. The highest BCUT2D eigenvalue weighted by Gasteiger charge is 2.18. The number of hydrogen-bond donors (Lipinski definition) is 2. The summed E-state index contributed by atoms with van der Waals surface area (Å²) in [4.78, 5) is 15.7. The zero-order chi connectivity index (χ0) is 21.1. The number of hydrogen-bond acceptors (Lipinski definition) is 4. The summed E-state index contributed by atoms with van der Waals surface area (Å²) in [6, 6.07) is 18.0. The summed E-state index contributed by atoms with van der Waals surface area (Å²) < 4.78 is 0. The Bertz CT molecular complexity index is 1080. The van der Waals surface area contributed by atoms with Crippen molar-refractivity contribution in [2.24, 2.45) is 0 Å². The number of benzene rings is 2. The van der Waals surface area contributed by atoms with E-state index in [0.717, 1.165) is 49.8 Å². The van der Waals surface area contributed by atoms with Gasteiger partial charge in [0.15, 0.2) is 5.06 Å². The van der Waals surface area contributed by atoms with Crippen molar-refractivity contribution < 1.29 is 9.90 Å². The topological polar surface area (TPSA) is 49.3 Å². The van der Waals surface area contributed by atoms with Crippen LogP contribution in [-0.4, -0.2) is 17.1 Å². The zero-order valence-corrected chi connectivity index (χ0v) is 18.6. The van der Waals surface area contributed by atoms with Crippen molar-refractivity contribution in [1.82, 2.24) is 5.32 Å². The minimum atomic E-state index is 0.0211. The number of carbonyl (C=O) groups is 1. The normalized spacial score (nSPS) is 14.0. The van der Waals surface area contributed by atoms with Gasteiger partial charge in [0.1, 0.15) is 0 Å². The molecule has 0 aliphatic heterocycles. The molecule has 0 bridgehead atoms. The summed E-state index contributed by atoms with van der Waals surface area (Å²) >= 11 is 3.00. The van der Waals surface area contributed by atoms with E-state index in [4.69, 9.17) is 0 Å². The molecule has 3 aromatic rings. The molecule has 1 aromatic heterocycles. The first kappa shape index (κ1) is 20.8. The highest BCUT2D eigenvalue weighted by atomic mass is 32.2. The zero-order valence-electron chi connectivity index (χ0n) is 17.0. The Morgan fingerprint density at radius 3 is 2.57 bits per heavy atom. The van der Waals surface area contributed by atoms with E-state index in [2.05, 4.69) is 24.0 Å². The maximum atomic E-state index is 12.6. The fourth-order valence-electron chi connectivity index (χ4n) is 3.79. The molecule has 2 aromatic carbocycles. The van der Waals surface area contributed by atoms with E-state index in [9.17, 15) is 9.90 Å². The maximum Gasteiger partial charge on any atom is 0.251 e. The number of amides is 1. The average Bonchev–Trinajstić information content (AvgIpc) is 3.41. The van der Waals surface area contributed by atoms with Gasteiger partial charge in [0, 0.05) is 26.3 Å². The fraction of sp³-hybridized carbons (Fsp3) is 0.240. The van der Waals surface area contributed by atoms with E-state index < -0.39 is 0 Å². The van der Waals surface area contributed by atoms with E-state index in [0.29, 0.717) is 11.1 Å². The Hall–Kier alpha value is -2.50.